The smallest absolute Gasteiger partial charge is 0.264 e. The molecule has 2 aromatic rings. The summed E-state index contributed by atoms with van der Waals surface area (Å²) < 4.78 is 2.47. The van der Waals surface area contributed by atoms with E-state index in [2.05, 4.69) is 22.4 Å². The highest BCUT2D eigenvalue weighted by Gasteiger charge is 2.39. The van der Waals surface area contributed by atoms with E-state index in [-0.39, 0.29) is 5.91 Å². The average molecular weight is 306 g/mol. The van der Waals surface area contributed by atoms with Crippen molar-refractivity contribution in [1.29, 1.82) is 0 Å². The minimum atomic E-state index is 0.223. The fraction of sp³-hybridized carbons (Fsp3) is 0.533. The molecule has 1 aliphatic carbocycles. The van der Waals surface area contributed by atoms with E-state index in [0.29, 0.717) is 17.9 Å². The highest BCUT2D eigenvalue weighted by Crippen LogP contribution is 2.37. The van der Waals surface area contributed by atoms with Crippen molar-refractivity contribution in [1.82, 2.24) is 4.90 Å². The van der Waals surface area contributed by atoms with Gasteiger partial charge in [0, 0.05) is 28.5 Å². The van der Waals surface area contributed by atoms with Crippen LogP contribution in [0.5, 0.6) is 0 Å². The van der Waals surface area contributed by atoms with Crippen LogP contribution >= 0.6 is 22.7 Å². The van der Waals surface area contributed by atoms with Crippen LogP contribution in [0, 0.1) is 11.8 Å². The first-order valence-corrected chi connectivity index (χ1v) is 8.92. The first-order chi connectivity index (χ1) is 9.70. The standard InChI is InChI=1S/C15H18N2OS2/c16-11-2-1-9-7-17(8-10(9)5-11)15(18)14-6-13-12(20-14)3-4-19-13/h3-4,6,9-11H,1-2,5,7-8,16H2/t9-,10+,11?/m1/s1. The number of fused-ring (bicyclic) bond motifs is 2. The van der Waals surface area contributed by atoms with E-state index in [0.717, 1.165) is 30.8 Å². The summed E-state index contributed by atoms with van der Waals surface area (Å²) >= 11 is 3.34. The molecule has 106 valence electrons. The van der Waals surface area contributed by atoms with Crippen molar-refractivity contribution < 1.29 is 4.79 Å². The number of nitrogens with zero attached hydrogens (tertiary/aromatic N) is 1. The third kappa shape index (κ3) is 2.08. The zero-order valence-corrected chi connectivity index (χ0v) is 12.9. The predicted octanol–water partition coefficient (Wildman–Crippen LogP) is 3.16. The predicted molar refractivity (Wildman–Crippen MR) is 84.4 cm³/mol. The molecule has 0 aromatic carbocycles. The van der Waals surface area contributed by atoms with Crippen molar-refractivity contribution >= 4 is 38.0 Å². The Morgan fingerprint density at radius 1 is 1.25 bits per heavy atom. The lowest BCUT2D eigenvalue weighted by molar-refractivity contribution is 0.0789. The van der Waals surface area contributed by atoms with Gasteiger partial charge in [-0.2, -0.15) is 0 Å². The Hall–Kier alpha value is -0.910. The van der Waals surface area contributed by atoms with Gasteiger partial charge in [0.1, 0.15) is 0 Å². The van der Waals surface area contributed by atoms with Crippen molar-refractivity contribution in [2.75, 3.05) is 13.1 Å². The van der Waals surface area contributed by atoms with Gasteiger partial charge in [0.05, 0.1) is 4.88 Å². The van der Waals surface area contributed by atoms with Crippen molar-refractivity contribution in [3.05, 3.63) is 22.4 Å². The lowest BCUT2D eigenvalue weighted by Gasteiger charge is -2.27. The maximum absolute atomic E-state index is 12.6. The largest absolute Gasteiger partial charge is 0.337 e. The summed E-state index contributed by atoms with van der Waals surface area (Å²) in [5.41, 5.74) is 6.06. The van der Waals surface area contributed by atoms with Crippen molar-refractivity contribution in [2.24, 2.45) is 17.6 Å². The monoisotopic (exact) mass is 306 g/mol. The zero-order chi connectivity index (χ0) is 13.7. The Morgan fingerprint density at radius 2 is 2.10 bits per heavy atom. The number of thiophene rings is 2. The molecule has 20 heavy (non-hydrogen) atoms. The van der Waals surface area contributed by atoms with Gasteiger partial charge in [-0.1, -0.05) is 0 Å². The van der Waals surface area contributed by atoms with Gasteiger partial charge in [-0.05, 0) is 48.6 Å². The second-order valence-corrected chi connectivity index (χ2v) is 8.09. The molecule has 0 radical (unpaired) electrons. The molecule has 2 aromatic heterocycles. The first-order valence-electron chi connectivity index (χ1n) is 7.22. The third-order valence-corrected chi connectivity index (χ3v) is 6.81. The number of carbonyl (C=O) groups excluding carboxylic acids is 1. The second kappa shape index (κ2) is 4.83. The molecular formula is C15H18N2OS2. The lowest BCUT2D eigenvalue weighted by Crippen LogP contribution is -2.32. The van der Waals surface area contributed by atoms with Crippen molar-refractivity contribution in [3.8, 4) is 0 Å². The minimum Gasteiger partial charge on any atom is -0.337 e. The number of hydrogen-bond donors (Lipinski definition) is 1. The zero-order valence-electron chi connectivity index (χ0n) is 11.2. The number of rotatable bonds is 1. The second-order valence-electron chi connectivity index (χ2n) is 6.06. The number of hydrogen-bond acceptors (Lipinski definition) is 4. The number of likely N-dealkylation sites (tertiary alicyclic amines) is 1. The molecule has 3 atom stereocenters. The topological polar surface area (TPSA) is 46.3 Å². The minimum absolute atomic E-state index is 0.223. The maximum Gasteiger partial charge on any atom is 0.264 e. The van der Waals surface area contributed by atoms with Gasteiger partial charge in [-0.3, -0.25) is 4.79 Å². The van der Waals surface area contributed by atoms with Crippen molar-refractivity contribution in [3.63, 3.8) is 0 Å². The number of carbonyl (C=O) groups is 1. The Morgan fingerprint density at radius 3 is 2.95 bits per heavy atom. The van der Waals surface area contributed by atoms with Gasteiger partial charge in [-0.25, -0.2) is 0 Å². The summed E-state index contributed by atoms with van der Waals surface area (Å²) in [7, 11) is 0. The van der Waals surface area contributed by atoms with Crippen LogP contribution in [0.15, 0.2) is 17.5 Å². The molecule has 4 rings (SSSR count). The number of nitrogens with two attached hydrogens (primary N) is 1. The highest BCUT2D eigenvalue weighted by molar-refractivity contribution is 7.27. The van der Waals surface area contributed by atoms with E-state index in [1.54, 1.807) is 22.7 Å². The molecule has 1 saturated carbocycles. The Kier molecular flexibility index (Phi) is 3.09. The van der Waals surface area contributed by atoms with Gasteiger partial charge >= 0.3 is 0 Å². The summed E-state index contributed by atoms with van der Waals surface area (Å²) in [6, 6.07) is 4.50. The van der Waals surface area contributed by atoms with E-state index < -0.39 is 0 Å². The fourth-order valence-electron chi connectivity index (χ4n) is 3.66. The summed E-state index contributed by atoms with van der Waals surface area (Å²) in [5.74, 6) is 1.53. The van der Waals surface area contributed by atoms with E-state index in [1.807, 2.05) is 0 Å². The van der Waals surface area contributed by atoms with Crippen molar-refractivity contribution in [2.45, 2.75) is 25.3 Å². The maximum atomic E-state index is 12.6. The molecule has 3 nitrogen and oxygen atoms in total. The van der Waals surface area contributed by atoms with Gasteiger partial charge in [-0.15, -0.1) is 22.7 Å². The number of amides is 1. The molecule has 5 heteroatoms. The van der Waals surface area contributed by atoms with Crippen LogP contribution in [-0.2, 0) is 0 Å². The van der Waals surface area contributed by atoms with E-state index in [9.17, 15) is 4.79 Å². The Bertz CT molecular complexity index is 619. The Labute approximate surface area is 126 Å². The van der Waals surface area contributed by atoms with Crippen LogP contribution in [0.2, 0.25) is 0 Å². The molecule has 1 unspecified atom stereocenters. The van der Waals surface area contributed by atoms with Crippen LogP contribution in [0.3, 0.4) is 0 Å². The molecule has 0 bridgehead atoms. The van der Waals surface area contributed by atoms with Gasteiger partial charge in [0.2, 0.25) is 0 Å². The summed E-state index contributed by atoms with van der Waals surface area (Å²) in [5, 5.41) is 2.08. The lowest BCUT2D eigenvalue weighted by atomic mass is 9.79. The summed E-state index contributed by atoms with van der Waals surface area (Å²) in [4.78, 5) is 15.6. The summed E-state index contributed by atoms with van der Waals surface area (Å²) in [6.45, 7) is 1.84. The van der Waals surface area contributed by atoms with Crippen LogP contribution in [0.25, 0.3) is 9.40 Å². The van der Waals surface area contributed by atoms with Crippen LogP contribution in [0.4, 0.5) is 0 Å². The quantitative estimate of drug-likeness (QED) is 0.879. The molecule has 2 aliphatic rings. The van der Waals surface area contributed by atoms with Crippen LogP contribution < -0.4 is 5.73 Å². The van der Waals surface area contributed by atoms with E-state index in [1.165, 1.54) is 15.8 Å². The average Bonchev–Trinajstić information content (AvgIpc) is 3.10. The fourth-order valence-corrected chi connectivity index (χ4v) is 5.74. The molecule has 0 spiro atoms. The van der Waals surface area contributed by atoms with Gasteiger partial charge < -0.3 is 10.6 Å². The molecule has 3 heterocycles. The van der Waals surface area contributed by atoms with Crippen LogP contribution in [0.1, 0.15) is 28.9 Å². The molecule has 1 amide bonds. The molecule has 2 N–H and O–H groups in total. The van der Waals surface area contributed by atoms with E-state index >= 15 is 0 Å². The first kappa shape index (κ1) is 12.8. The highest BCUT2D eigenvalue weighted by atomic mass is 32.1. The third-order valence-electron chi connectivity index (χ3n) is 4.73. The SMILES string of the molecule is NC1CC[C@@H]2CN(C(=O)c3cc4sccc4s3)C[C@@H]2C1. The van der Waals surface area contributed by atoms with Gasteiger partial charge in [0.15, 0.2) is 0 Å². The molecular weight excluding hydrogens is 288 g/mol. The van der Waals surface area contributed by atoms with Crippen LogP contribution in [-0.4, -0.2) is 29.9 Å². The van der Waals surface area contributed by atoms with E-state index in [4.69, 9.17) is 5.73 Å². The molecule has 1 saturated heterocycles. The van der Waals surface area contributed by atoms with Gasteiger partial charge in [0.25, 0.3) is 5.91 Å². The molecule has 1 aliphatic heterocycles. The molecule has 2 fully saturated rings. The Balaban J connectivity index is 1.53. The summed E-state index contributed by atoms with van der Waals surface area (Å²) in [6.07, 6.45) is 3.40. The normalized spacial score (nSPS) is 29.9.